The quantitative estimate of drug-likeness (QED) is 0.747. The van der Waals surface area contributed by atoms with Crippen LogP contribution < -0.4 is 10.6 Å². The zero-order valence-corrected chi connectivity index (χ0v) is 10.8. The largest absolute Gasteiger partial charge is 0.450 e. The zero-order valence-electron chi connectivity index (χ0n) is 10.8. The molecule has 102 valence electrons. The maximum absolute atomic E-state index is 11.6. The van der Waals surface area contributed by atoms with Gasteiger partial charge in [0.15, 0.2) is 0 Å². The topological polar surface area (TPSA) is 70.7 Å². The van der Waals surface area contributed by atoms with Gasteiger partial charge in [0.05, 0.1) is 13.2 Å². The Morgan fingerprint density at radius 3 is 2.89 bits per heavy atom. The van der Waals surface area contributed by atoms with Crippen molar-refractivity contribution in [2.75, 3.05) is 26.2 Å². The number of likely N-dealkylation sites (tertiary alicyclic amines) is 1. The van der Waals surface area contributed by atoms with Crippen molar-refractivity contribution in [3.63, 3.8) is 0 Å². The third-order valence-corrected chi connectivity index (χ3v) is 3.49. The van der Waals surface area contributed by atoms with Crippen molar-refractivity contribution in [2.24, 2.45) is 0 Å². The van der Waals surface area contributed by atoms with E-state index in [1.807, 2.05) is 0 Å². The van der Waals surface area contributed by atoms with E-state index >= 15 is 0 Å². The molecule has 2 bridgehead atoms. The molecule has 0 radical (unpaired) electrons. The van der Waals surface area contributed by atoms with Gasteiger partial charge in [-0.2, -0.15) is 0 Å². The van der Waals surface area contributed by atoms with Crippen molar-refractivity contribution < 1.29 is 14.3 Å². The first-order valence-corrected chi connectivity index (χ1v) is 6.62. The second-order valence-electron chi connectivity index (χ2n) is 4.93. The number of imide groups is 1. The number of carbonyl (C=O) groups is 2. The number of alkyl carbamates (subject to hydrolysis) is 1. The Balaban J connectivity index is 1.75. The van der Waals surface area contributed by atoms with Crippen molar-refractivity contribution >= 4 is 12.0 Å². The summed E-state index contributed by atoms with van der Waals surface area (Å²) in [5.41, 5.74) is 0. The Morgan fingerprint density at radius 2 is 2.11 bits per heavy atom. The van der Waals surface area contributed by atoms with E-state index in [0.717, 1.165) is 19.5 Å². The Bertz CT molecular complexity index is 322. The number of nitrogens with one attached hydrogen (secondary N) is 2. The van der Waals surface area contributed by atoms with Gasteiger partial charge in [-0.05, 0) is 26.2 Å². The van der Waals surface area contributed by atoms with Crippen molar-refractivity contribution in [1.82, 2.24) is 15.5 Å². The number of carbonyl (C=O) groups excluding carboxylic acids is 2. The predicted molar refractivity (Wildman–Crippen MR) is 66.2 cm³/mol. The summed E-state index contributed by atoms with van der Waals surface area (Å²) in [6, 6.07) is 1.10. The molecule has 2 aliphatic heterocycles. The van der Waals surface area contributed by atoms with Gasteiger partial charge in [-0.3, -0.25) is 15.0 Å². The highest BCUT2D eigenvalue weighted by atomic mass is 16.5. The Morgan fingerprint density at radius 1 is 1.33 bits per heavy atom. The van der Waals surface area contributed by atoms with Gasteiger partial charge >= 0.3 is 6.09 Å². The summed E-state index contributed by atoms with van der Waals surface area (Å²) in [6.07, 6.45) is 2.84. The molecule has 0 aliphatic carbocycles. The normalized spacial score (nSPS) is 27.6. The first-order valence-electron chi connectivity index (χ1n) is 6.62. The van der Waals surface area contributed by atoms with Crippen LogP contribution in [0, 0.1) is 0 Å². The Kier molecular flexibility index (Phi) is 4.54. The van der Waals surface area contributed by atoms with Crippen molar-refractivity contribution in [2.45, 2.75) is 38.3 Å². The maximum atomic E-state index is 11.6. The molecule has 2 atom stereocenters. The molecular formula is C12H21N3O3. The van der Waals surface area contributed by atoms with Gasteiger partial charge in [-0.15, -0.1) is 0 Å². The summed E-state index contributed by atoms with van der Waals surface area (Å²) >= 11 is 0. The second kappa shape index (κ2) is 6.15. The third-order valence-electron chi connectivity index (χ3n) is 3.49. The molecule has 2 N–H and O–H groups in total. The van der Waals surface area contributed by atoms with Crippen LogP contribution in [0.5, 0.6) is 0 Å². The predicted octanol–water partition coefficient (Wildman–Crippen LogP) is 0.0854. The lowest BCUT2D eigenvalue weighted by molar-refractivity contribution is -0.121. The first-order chi connectivity index (χ1) is 8.67. The number of nitrogens with zero attached hydrogens (tertiary/aromatic N) is 1. The Hall–Kier alpha value is -1.14. The van der Waals surface area contributed by atoms with Crippen LogP contribution in [-0.4, -0.2) is 55.2 Å². The highest BCUT2D eigenvalue weighted by Crippen LogP contribution is 2.19. The molecule has 6 nitrogen and oxygen atoms in total. The van der Waals surface area contributed by atoms with Crippen LogP contribution in [0.3, 0.4) is 0 Å². The summed E-state index contributed by atoms with van der Waals surface area (Å²) in [5, 5.41) is 5.78. The minimum absolute atomic E-state index is 0.268. The monoisotopic (exact) mass is 255 g/mol. The van der Waals surface area contributed by atoms with Gasteiger partial charge in [0.25, 0.3) is 0 Å². The van der Waals surface area contributed by atoms with Crippen LogP contribution in [0.1, 0.15) is 26.2 Å². The van der Waals surface area contributed by atoms with Gasteiger partial charge < -0.3 is 10.1 Å². The van der Waals surface area contributed by atoms with E-state index in [4.69, 9.17) is 0 Å². The zero-order chi connectivity index (χ0) is 13.0. The van der Waals surface area contributed by atoms with E-state index in [0.29, 0.717) is 12.1 Å². The molecule has 2 amide bonds. The molecule has 0 aromatic carbocycles. The highest BCUT2D eigenvalue weighted by molar-refractivity contribution is 5.92. The summed E-state index contributed by atoms with van der Waals surface area (Å²) in [6.45, 7) is 4.04. The van der Waals surface area contributed by atoms with E-state index in [9.17, 15) is 9.59 Å². The average molecular weight is 255 g/mol. The van der Waals surface area contributed by atoms with Gasteiger partial charge in [-0.25, -0.2) is 4.79 Å². The van der Waals surface area contributed by atoms with E-state index in [2.05, 4.69) is 20.3 Å². The molecular weight excluding hydrogens is 234 g/mol. The molecule has 18 heavy (non-hydrogen) atoms. The minimum atomic E-state index is -0.656. The SMILES string of the molecule is CCOC(=O)NC(=O)CN1CCC2CCC(C1)N2. The van der Waals surface area contributed by atoms with Gasteiger partial charge in [-0.1, -0.05) is 0 Å². The minimum Gasteiger partial charge on any atom is -0.450 e. The van der Waals surface area contributed by atoms with Crippen LogP contribution in [0.2, 0.25) is 0 Å². The smallest absolute Gasteiger partial charge is 0.413 e. The molecule has 2 fully saturated rings. The Labute approximate surface area is 107 Å². The second-order valence-corrected chi connectivity index (χ2v) is 4.93. The summed E-state index contributed by atoms with van der Waals surface area (Å²) in [7, 11) is 0. The number of fused-ring (bicyclic) bond motifs is 2. The van der Waals surface area contributed by atoms with Crippen LogP contribution in [0.4, 0.5) is 4.79 Å². The fourth-order valence-corrected chi connectivity index (χ4v) is 2.68. The van der Waals surface area contributed by atoms with Crippen molar-refractivity contribution in [1.29, 1.82) is 0 Å². The van der Waals surface area contributed by atoms with Crippen LogP contribution in [0.15, 0.2) is 0 Å². The van der Waals surface area contributed by atoms with Crippen LogP contribution in [-0.2, 0) is 9.53 Å². The number of amides is 2. The van der Waals surface area contributed by atoms with Crippen LogP contribution in [0.25, 0.3) is 0 Å². The van der Waals surface area contributed by atoms with E-state index in [1.54, 1.807) is 6.92 Å². The van der Waals surface area contributed by atoms with E-state index in [1.165, 1.54) is 12.8 Å². The molecule has 0 aromatic rings. The van der Waals surface area contributed by atoms with E-state index in [-0.39, 0.29) is 19.1 Å². The fraction of sp³-hybridized carbons (Fsp3) is 0.833. The lowest BCUT2D eigenvalue weighted by atomic mass is 10.1. The average Bonchev–Trinajstić information content (AvgIpc) is 2.63. The first kappa shape index (κ1) is 13.3. The number of rotatable bonds is 3. The number of ether oxygens (including phenoxy) is 1. The van der Waals surface area contributed by atoms with Gasteiger partial charge in [0.2, 0.25) is 5.91 Å². The number of hydrogen-bond donors (Lipinski definition) is 2. The van der Waals surface area contributed by atoms with E-state index < -0.39 is 6.09 Å². The maximum Gasteiger partial charge on any atom is 0.413 e. The fourth-order valence-electron chi connectivity index (χ4n) is 2.68. The number of hydrogen-bond acceptors (Lipinski definition) is 5. The lowest BCUT2D eigenvalue weighted by Gasteiger charge is -2.22. The van der Waals surface area contributed by atoms with Crippen molar-refractivity contribution in [3.8, 4) is 0 Å². The molecule has 0 spiro atoms. The molecule has 2 heterocycles. The van der Waals surface area contributed by atoms with Gasteiger partial charge in [0, 0.05) is 25.2 Å². The van der Waals surface area contributed by atoms with Gasteiger partial charge in [0.1, 0.15) is 0 Å². The van der Waals surface area contributed by atoms with Crippen LogP contribution >= 0.6 is 0 Å². The third kappa shape index (κ3) is 3.68. The standard InChI is InChI=1S/C12H21N3O3/c1-2-18-12(17)14-11(16)8-15-6-5-9-3-4-10(7-15)13-9/h9-10,13H,2-8H2,1H3,(H,14,16,17). The summed E-state index contributed by atoms with van der Waals surface area (Å²) in [5.74, 6) is -0.286. The summed E-state index contributed by atoms with van der Waals surface area (Å²) in [4.78, 5) is 24.8. The molecule has 2 rings (SSSR count). The molecule has 6 heteroatoms. The molecule has 2 unspecified atom stereocenters. The molecule has 0 aromatic heterocycles. The summed E-state index contributed by atoms with van der Waals surface area (Å²) < 4.78 is 4.67. The molecule has 2 saturated heterocycles. The van der Waals surface area contributed by atoms with Crippen molar-refractivity contribution in [3.05, 3.63) is 0 Å². The molecule has 0 saturated carbocycles. The highest BCUT2D eigenvalue weighted by Gasteiger charge is 2.29. The molecule has 2 aliphatic rings. The lowest BCUT2D eigenvalue weighted by Crippen LogP contribution is -2.43.